The third kappa shape index (κ3) is 4.89. The maximum Gasteiger partial charge on any atom is 0.319 e. The summed E-state index contributed by atoms with van der Waals surface area (Å²) in [5, 5.41) is 5.87. The van der Waals surface area contributed by atoms with Gasteiger partial charge >= 0.3 is 6.03 Å². The van der Waals surface area contributed by atoms with E-state index in [1.165, 1.54) is 0 Å². The molecule has 0 aliphatic carbocycles. The van der Waals surface area contributed by atoms with Gasteiger partial charge in [-0.15, -0.1) is 0 Å². The van der Waals surface area contributed by atoms with Gasteiger partial charge in [0.1, 0.15) is 5.75 Å². The third-order valence-electron chi connectivity index (χ3n) is 4.36. The molecular formula is C20H25N3O3. The maximum atomic E-state index is 12.3. The van der Waals surface area contributed by atoms with Gasteiger partial charge in [-0.1, -0.05) is 24.3 Å². The highest BCUT2D eigenvalue weighted by atomic mass is 16.5. The molecule has 0 unspecified atom stereocenters. The number of nitrogens with one attached hydrogen (secondary N) is 2. The van der Waals surface area contributed by atoms with Crippen molar-refractivity contribution in [2.75, 3.05) is 50.2 Å². The minimum Gasteiger partial charge on any atom is -0.497 e. The largest absolute Gasteiger partial charge is 0.497 e. The average Bonchev–Trinajstić information content (AvgIpc) is 2.69. The number of hydrogen-bond acceptors (Lipinski definition) is 4. The van der Waals surface area contributed by atoms with E-state index < -0.39 is 0 Å². The number of para-hydroxylation sites is 2. The zero-order chi connectivity index (χ0) is 18.2. The quantitative estimate of drug-likeness (QED) is 0.836. The van der Waals surface area contributed by atoms with Crippen molar-refractivity contribution >= 4 is 17.4 Å². The van der Waals surface area contributed by atoms with Gasteiger partial charge in [0, 0.05) is 19.6 Å². The van der Waals surface area contributed by atoms with Gasteiger partial charge in [-0.25, -0.2) is 4.79 Å². The molecule has 0 atom stereocenters. The van der Waals surface area contributed by atoms with Crippen molar-refractivity contribution in [1.29, 1.82) is 0 Å². The minimum absolute atomic E-state index is 0.195. The number of nitrogens with zero attached hydrogens (tertiary/aromatic N) is 1. The zero-order valence-electron chi connectivity index (χ0n) is 15.0. The monoisotopic (exact) mass is 355 g/mol. The van der Waals surface area contributed by atoms with Crippen molar-refractivity contribution in [2.24, 2.45) is 0 Å². The number of morpholine rings is 1. The number of hydrogen-bond donors (Lipinski definition) is 2. The Morgan fingerprint density at radius 2 is 1.85 bits per heavy atom. The Hall–Kier alpha value is -2.73. The molecular weight excluding hydrogens is 330 g/mol. The molecule has 6 nitrogen and oxygen atoms in total. The van der Waals surface area contributed by atoms with Crippen molar-refractivity contribution in [2.45, 2.75) is 6.42 Å². The summed E-state index contributed by atoms with van der Waals surface area (Å²) < 4.78 is 10.6. The van der Waals surface area contributed by atoms with Crippen LogP contribution in [0.2, 0.25) is 0 Å². The molecule has 1 aliphatic heterocycles. The predicted octanol–water partition coefficient (Wildman–Crippen LogP) is 2.90. The number of ether oxygens (including phenoxy) is 2. The molecule has 3 rings (SSSR count). The zero-order valence-corrected chi connectivity index (χ0v) is 15.0. The SMILES string of the molecule is COc1ccc(CCNC(=O)Nc2ccccc2N2CCOCC2)cc1. The van der Waals surface area contributed by atoms with Gasteiger partial charge in [0.25, 0.3) is 0 Å². The molecule has 0 spiro atoms. The standard InChI is InChI=1S/C20H25N3O3/c1-25-17-8-6-16(7-9-17)10-11-21-20(24)22-18-4-2-3-5-19(18)23-12-14-26-15-13-23/h2-9H,10-15H2,1H3,(H2,21,22,24). The molecule has 0 radical (unpaired) electrons. The molecule has 1 aliphatic rings. The second-order valence-electron chi connectivity index (χ2n) is 6.10. The Kier molecular flexibility index (Phi) is 6.33. The van der Waals surface area contributed by atoms with Crippen LogP contribution in [0.25, 0.3) is 0 Å². The van der Waals surface area contributed by atoms with Gasteiger partial charge in [-0.2, -0.15) is 0 Å². The number of methoxy groups -OCH3 is 1. The second-order valence-corrected chi connectivity index (χ2v) is 6.10. The highest BCUT2D eigenvalue weighted by molar-refractivity contribution is 5.93. The van der Waals surface area contributed by atoms with E-state index in [9.17, 15) is 4.79 Å². The fraction of sp³-hybridized carbons (Fsp3) is 0.350. The van der Waals surface area contributed by atoms with Crippen molar-refractivity contribution in [3.63, 3.8) is 0 Å². The van der Waals surface area contributed by atoms with Crippen molar-refractivity contribution in [1.82, 2.24) is 5.32 Å². The molecule has 0 aromatic heterocycles. The van der Waals surface area contributed by atoms with Crippen LogP contribution in [0.4, 0.5) is 16.2 Å². The molecule has 2 aromatic rings. The smallest absolute Gasteiger partial charge is 0.319 e. The van der Waals surface area contributed by atoms with Gasteiger partial charge in [0.15, 0.2) is 0 Å². The van der Waals surface area contributed by atoms with E-state index in [0.717, 1.165) is 42.2 Å². The summed E-state index contributed by atoms with van der Waals surface area (Å²) in [7, 11) is 1.65. The summed E-state index contributed by atoms with van der Waals surface area (Å²) >= 11 is 0. The Balaban J connectivity index is 1.51. The van der Waals surface area contributed by atoms with Crippen LogP contribution in [-0.4, -0.2) is 46.0 Å². The summed E-state index contributed by atoms with van der Waals surface area (Å²) in [6, 6.07) is 15.5. The molecule has 2 N–H and O–H groups in total. The van der Waals surface area contributed by atoms with Crippen molar-refractivity contribution < 1.29 is 14.3 Å². The Morgan fingerprint density at radius 3 is 2.58 bits per heavy atom. The number of amides is 2. The number of rotatable bonds is 6. The highest BCUT2D eigenvalue weighted by Crippen LogP contribution is 2.26. The number of benzene rings is 2. The molecule has 26 heavy (non-hydrogen) atoms. The lowest BCUT2D eigenvalue weighted by molar-refractivity contribution is 0.123. The lowest BCUT2D eigenvalue weighted by Crippen LogP contribution is -2.37. The van der Waals surface area contributed by atoms with Crippen LogP contribution in [0.15, 0.2) is 48.5 Å². The first kappa shape index (κ1) is 18.1. The van der Waals surface area contributed by atoms with Crippen LogP contribution < -0.4 is 20.3 Å². The van der Waals surface area contributed by atoms with Crippen LogP contribution in [0.5, 0.6) is 5.75 Å². The van der Waals surface area contributed by atoms with E-state index in [-0.39, 0.29) is 6.03 Å². The van der Waals surface area contributed by atoms with Crippen LogP contribution in [0.1, 0.15) is 5.56 Å². The molecule has 2 aromatic carbocycles. The minimum atomic E-state index is -0.195. The topological polar surface area (TPSA) is 62.8 Å². The fourth-order valence-corrected chi connectivity index (χ4v) is 2.94. The molecule has 6 heteroatoms. The predicted molar refractivity (Wildman–Crippen MR) is 103 cm³/mol. The summed E-state index contributed by atoms with van der Waals surface area (Å²) in [5.74, 6) is 0.833. The van der Waals surface area contributed by atoms with Crippen LogP contribution in [0, 0.1) is 0 Å². The van der Waals surface area contributed by atoms with E-state index in [0.29, 0.717) is 19.8 Å². The first-order chi connectivity index (χ1) is 12.8. The normalized spacial score (nSPS) is 14.0. The van der Waals surface area contributed by atoms with Crippen molar-refractivity contribution in [3.05, 3.63) is 54.1 Å². The number of urea groups is 1. The number of carbonyl (C=O) groups is 1. The Labute approximate surface area is 154 Å². The average molecular weight is 355 g/mol. The molecule has 0 bridgehead atoms. The van der Waals surface area contributed by atoms with E-state index in [2.05, 4.69) is 15.5 Å². The van der Waals surface area contributed by atoms with Gasteiger partial charge in [0.2, 0.25) is 0 Å². The second kappa shape index (κ2) is 9.10. The molecule has 1 heterocycles. The highest BCUT2D eigenvalue weighted by Gasteiger charge is 2.15. The Bertz CT molecular complexity index is 712. The molecule has 2 amide bonds. The summed E-state index contributed by atoms with van der Waals surface area (Å²) in [5.41, 5.74) is 3.00. The van der Waals surface area contributed by atoms with Crippen LogP contribution in [0.3, 0.4) is 0 Å². The summed E-state index contributed by atoms with van der Waals surface area (Å²) in [6.07, 6.45) is 0.766. The number of anilines is 2. The lowest BCUT2D eigenvalue weighted by atomic mass is 10.1. The first-order valence-corrected chi connectivity index (χ1v) is 8.86. The van der Waals surface area contributed by atoms with E-state index >= 15 is 0 Å². The number of carbonyl (C=O) groups excluding carboxylic acids is 1. The van der Waals surface area contributed by atoms with Crippen molar-refractivity contribution in [3.8, 4) is 5.75 Å². The van der Waals surface area contributed by atoms with Gasteiger partial charge in [-0.3, -0.25) is 0 Å². The van der Waals surface area contributed by atoms with Gasteiger partial charge < -0.3 is 25.0 Å². The van der Waals surface area contributed by atoms with Gasteiger partial charge in [-0.05, 0) is 36.2 Å². The van der Waals surface area contributed by atoms with E-state index in [1.54, 1.807) is 7.11 Å². The third-order valence-corrected chi connectivity index (χ3v) is 4.36. The summed E-state index contributed by atoms with van der Waals surface area (Å²) in [4.78, 5) is 14.5. The van der Waals surface area contributed by atoms with Crippen LogP contribution in [-0.2, 0) is 11.2 Å². The first-order valence-electron chi connectivity index (χ1n) is 8.86. The van der Waals surface area contributed by atoms with Gasteiger partial charge in [0.05, 0.1) is 31.7 Å². The van der Waals surface area contributed by atoms with E-state index in [1.807, 2.05) is 48.5 Å². The van der Waals surface area contributed by atoms with E-state index in [4.69, 9.17) is 9.47 Å². The molecule has 0 saturated carbocycles. The Morgan fingerprint density at radius 1 is 1.12 bits per heavy atom. The fourth-order valence-electron chi connectivity index (χ4n) is 2.94. The molecule has 1 fully saturated rings. The molecule has 138 valence electrons. The lowest BCUT2D eigenvalue weighted by Gasteiger charge is -2.30. The van der Waals surface area contributed by atoms with Crippen LogP contribution >= 0.6 is 0 Å². The summed E-state index contributed by atoms with van der Waals surface area (Å²) in [6.45, 7) is 3.65. The maximum absolute atomic E-state index is 12.3. The molecule has 1 saturated heterocycles.